The molecule has 0 bridgehead atoms. The maximum absolute atomic E-state index is 13.4. The molecule has 0 aliphatic carbocycles. The van der Waals surface area contributed by atoms with E-state index in [1.807, 2.05) is 24.3 Å². The van der Waals surface area contributed by atoms with Gasteiger partial charge >= 0.3 is 5.97 Å². The van der Waals surface area contributed by atoms with E-state index < -0.39 is 54.5 Å². The number of amides is 3. The van der Waals surface area contributed by atoms with Crippen molar-refractivity contribution in [3.63, 3.8) is 0 Å². The summed E-state index contributed by atoms with van der Waals surface area (Å²) >= 11 is 0. The van der Waals surface area contributed by atoms with Crippen LogP contribution in [0.1, 0.15) is 18.2 Å². The Kier molecular flexibility index (Phi) is 8.76. The molecule has 9 N–H and O–H groups in total. The van der Waals surface area contributed by atoms with Gasteiger partial charge in [-0.1, -0.05) is 18.2 Å². The third-order valence-corrected chi connectivity index (χ3v) is 5.61. The summed E-state index contributed by atoms with van der Waals surface area (Å²) in [7, 11) is 0. The van der Waals surface area contributed by atoms with E-state index in [-0.39, 0.29) is 12.8 Å². The molecule has 0 saturated carbocycles. The van der Waals surface area contributed by atoms with Crippen molar-refractivity contribution < 1.29 is 29.4 Å². The number of aromatic nitrogens is 3. The molecule has 0 saturated heterocycles. The van der Waals surface area contributed by atoms with Crippen LogP contribution in [-0.4, -0.2) is 79.6 Å². The molecular formula is C23H29N7O6. The Labute approximate surface area is 205 Å². The summed E-state index contributed by atoms with van der Waals surface area (Å²) in [4.78, 5) is 59.7. The number of aliphatic hydroxyl groups is 1. The minimum Gasteiger partial charge on any atom is -0.480 e. The van der Waals surface area contributed by atoms with Crippen LogP contribution in [0.3, 0.4) is 0 Å². The number of nitrogens with zero attached hydrogens (tertiary/aromatic N) is 1. The first-order valence-electron chi connectivity index (χ1n) is 11.2. The number of benzene rings is 1. The van der Waals surface area contributed by atoms with E-state index in [1.54, 1.807) is 6.20 Å². The Balaban J connectivity index is 1.84. The van der Waals surface area contributed by atoms with E-state index in [4.69, 9.17) is 10.8 Å². The zero-order valence-corrected chi connectivity index (χ0v) is 19.5. The summed E-state index contributed by atoms with van der Waals surface area (Å²) < 4.78 is 0. The Morgan fingerprint density at radius 2 is 1.67 bits per heavy atom. The number of carbonyl (C=O) groups excluding carboxylic acids is 3. The van der Waals surface area contributed by atoms with E-state index in [2.05, 4.69) is 30.9 Å². The smallest absolute Gasteiger partial charge is 0.325 e. The number of para-hydroxylation sites is 1. The van der Waals surface area contributed by atoms with Crippen molar-refractivity contribution in [2.24, 2.45) is 5.73 Å². The number of nitrogens with two attached hydrogens (primary N) is 1. The SMILES string of the molecule is CC(NC(=O)C(Cc1cnc[nH]1)NC(=O)C(Cc1c[nH]c2ccccc12)NC(=O)C(N)CO)C(=O)O. The Bertz CT molecular complexity index is 1210. The van der Waals surface area contributed by atoms with E-state index in [0.29, 0.717) is 5.69 Å². The van der Waals surface area contributed by atoms with Gasteiger partial charge in [-0.05, 0) is 18.6 Å². The number of nitrogens with one attached hydrogen (secondary N) is 5. The molecule has 1 aromatic carbocycles. The van der Waals surface area contributed by atoms with Gasteiger partial charge in [0.1, 0.15) is 24.2 Å². The second-order valence-electron chi connectivity index (χ2n) is 8.32. The van der Waals surface area contributed by atoms with Crippen molar-refractivity contribution in [1.29, 1.82) is 0 Å². The van der Waals surface area contributed by atoms with Crippen molar-refractivity contribution in [1.82, 2.24) is 30.9 Å². The summed E-state index contributed by atoms with van der Waals surface area (Å²) in [6.07, 6.45) is 4.64. The van der Waals surface area contributed by atoms with Gasteiger partial charge in [-0.2, -0.15) is 0 Å². The van der Waals surface area contributed by atoms with Gasteiger partial charge in [-0.15, -0.1) is 0 Å². The number of imidazole rings is 1. The number of fused-ring (bicyclic) bond motifs is 1. The summed E-state index contributed by atoms with van der Waals surface area (Å²) in [5.41, 5.74) is 7.72. The van der Waals surface area contributed by atoms with Crippen molar-refractivity contribution in [2.75, 3.05) is 6.61 Å². The lowest BCUT2D eigenvalue weighted by atomic mass is 10.0. The highest BCUT2D eigenvalue weighted by Crippen LogP contribution is 2.19. The van der Waals surface area contributed by atoms with Gasteiger partial charge in [0.25, 0.3) is 0 Å². The highest BCUT2D eigenvalue weighted by molar-refractivity contribution is 5.95. The van der Waals surface area contributed by atoms with Crippen molar-refractivity contribution >= 4 is 34.6 Å². The maximum Gasteiger partial charge on any atom is 0.325 e. The molecule has 2 heterocycles. The van der Waals surface area contributed by atoms with Crippen LogP contribution in [0.15, 0.2) is 43.0 Å². The molecule has 36 heavy (non-hydrogen) atoms. The fourth-order valence-corrected chi connectivity index (χ4v) is 3.56. The highest BCUT2D eigenvalue weighted by Gasteiger charge is 2.30. The summed E-state index contributed by atoms with van der Waals surface area (Å²) in [5.74, 6) is -3.40. The van der Waals surface area contributed by atoms with Gasteiger partial charge in [0.15, 0.2) is 0 Å². The normalized spacial score (nSPS) is 14.4. The van der Waals surface area contributed by atoms with Crippen LogP contribution >= 0.6 is 0 Å². The van der Waals surface area contributed by atoms with Gasteiger partial charge in [-0.25, -0.2) is 4.98 Å². The predicted molar refractivity (Wildman–Crippen MR) is 128 cm³/mol. The number of carbonyl (C=O) groups is 4. The molecule has 3 rings (SSSR count). The summed E-state index contributed by atoms with van der Waals surface area (Å²) in [6, 6.07) is 2.65. The van der Waals surface area contributed by atoms with Crippen molar-refractivity contribution in [3.8, 4) is 0 Å². The maximum atomic E-state index is 13.4. The number of aromatic amines is 2. The van der Waals surface area contributed by atoms with Crippen LogP contribution in [0.5, 0.6) is 0 Å². The third-order valence-electron chi connectivity index (χ3n) is 5.61. The molecule has 4 atom stereocenters. The van der Waals surface area contributed by atoms with Crippen LogP contribution in [0.2, 0.25) is 0 Å². The standard InChI is InChI=1S/C23H29N7O6/c1-12(23(35)36)28-21(33)19(7-14-9-25-11-27-14)30-22(34)18(29-20(32)16(24)10-31)6-13-8-26-17-5-3-2-4-15(13)17/h2-5,8-9,11-12,16,18-19,26,31H,6-7,10,24H2,1H3,(H,25,27)(H,28,33)(H,29,32)(H,30,34)(H,35,36). The van der Waals surface area contributed by atoms with E-state index in [9.17, 15) is 24.3 Å². The molecule has 13 nitrogen and oxygen atoms in total. The molecule has 2 aromatic heterocycles. The lowest BCUT2D eigenvalue weighted by Crippen LogP contribution is -2.58. The molecule has 0 spiro atoms. The molecule has 192 valence electrons. The number of hydrogen-bond donors (Lipinski definition) is 8. The topological polar surface area (TPSA) is 215 Å². The molecule has 0 aliphatic heterocycles. The second kappa shape index (κ2) is 12.0. The molecule has 0 radical (unpaired) electrons. The number of H-pyrrole nitrogens is 2. The molecule has 4 unspecified atom stereocenters. The average molecular weight is 500 g/mol. The fourth-order valence-electron chi connectivity index (χ4n) is 3.56. The van der Waals surface area contributed by atoms with E-state index in [0.717, 1.165) is 16.5 Å². The van der Waals surface area contributed by atoms with Crippen LogP contribution in [-0.2, 0) is 32.0 Å². The Morgan fingerprint density at radius 3 is 2.33 bits per heavy atom. The molecular weight excluding hydrogens is 470 g/mol. The van der Waals surface area contributed by atoms with Gasteiger partial charge in [0.05, 0.1) is 12.9 Å². The highest BCUT2D eigenvalue weighted by atomic mass is 16.4. The number of hydrogen-bond acceptors (Lipinski definition) is 7. The Hall–Kier alpha value is -4.23. The fraction of sp³-hybridized carbons (Fsp3) is 0.348. The largest absolute Gasteiger partial charge is 0.480 e. The van der Waals surface area contributed by atoms with Crippen LogP contribution in [0.25, 0.3) is 10.9 Å². The molecule has 3 amide bonds. The lowest BCUT2D eigenvalue weighted by Gasteiger charge is -2.24. The zero-order chi connectivity index (χ0) is 26.2. The second-order valence-corrected chi connectivity index (χ2v) is 8.32. The van der Waals surface area contributed by atoms with Gasteiger partial charge < -0.3 is 41.9 Å². The monoisotopic (exact) mass is 499 g/mol. The van der Waals surface area contributed by atoms with E-state index in [1.165, 1.54) is 19.4 Å². The number of carboxylic acids is 1. The number of carboxylic acid groups (broad SMARTS) is 1. The third kappa shape index (κ3) is 6.67. The molecule has 0 fully saturated rings. The lowest BCUT2D eigenvalue weighted by molar-refractivity contribution is -0.141. The van der Waals surface area contributed by atoms with Crippen molar-refractivity contribution in [2.45, 2.75) is 43.9 Å². The number of aliphatic hydroxyl groups excluding tert-OH is 1. The zero-order valence-electron chi connectivity index (χ0n) is 19.5. The Morgan fingerprint density at radius 1 is 1.00 bits per heavy atom. The van der Waals surface area contributed by atoms with Gasteiger partial charge in [-0.3, -0.25) is 19.2 Å². The minimum atomic E-state index is -1.25. The molecule has 3 aromatic rings. The summed E-state index contributed by atoms with van der Waals surface area (Å²) in [5, 5.41) is 26.7. The number of aliphatic carboxylic acids is 1. The quantitative estimate of drug-likeness (QED) is 0.147. The minimum absolute atomic E-state index is 0.00613. The van der Waals surface area contributed by atoms with Crippen LogP contribution in [0, 0.1) is 0 Å². The summed E-state index contributed by atoms with van der Waals surface area (Å²) in [6.45, 7) is 0.677. The molecule has 13 heteroatoms. The van der Waals surface area contributed by atoms with Gasteiger partial charge in [0.2, 0.25) is 17.7 Å². The van der Waals surface area contributed by atoms with Crippen molar-refractivity contribution in [3.05, 3.63) is 54.2 Å². The van der Waals surface area contributed by atoms with Gasteiger partial charge in [0, 0.05) is 41.8 Å². The van der Waals surface area contributed by atoms with Crippen LogP contribution in [0.4, 0.5) is 0 Å². The van der Waals surface area contributed by atoms with E-state index >= 15 is 0 Å². The number of rotatable bonds is 12. The molecule has 0 aliphatic rings. The predicted octanol–water partition coefficient (Wildman–Crippen LogP) is -1.45. The first-order chi connectivity index (χ1) is 17.2. The first-order valence-corrected chi connectivity index (χ1v) is 11.2. The van der Waals surface area contributed by atoms with Crippen LogP contribution < -0.4 is 21.7 Å². The first kappa shape index (κ1) is 26.4. The average Bonchev–Trinajstić information content (AvgIpc) is 3.52.